The van der Waals surface area contributed by atoms with E-state index in [4.69, 9.17) is 0 Å². The minimum absolute atomic E-state index is 0.459. The minimum Gasteiger partial charge on any atom is -0.480 e. The molecule has 0 aliphatic carbocycles. The van der Waals surface area contributed by atoms with Crippen molar-refractivity contribution in [1.29, 1.82) is 0 Å². The molecule has 0 spiro atoms. The molecular weight excluding hydrogens is 420 g/mol. The van der Waals surface area contributed by atoms with Crippen LogP contribution in [0.1, 0.15) is 150 Å². The van der Waals surface area contributed by atoms with Crippen molar-refractivity contribution >= 4 is 29.5 Å². The van der Waals surface area contributed by atoms with E-state index in [0.717, 1.165) is 25.7 Å². The summed E-state index contributed by atoms with van der Waals surface area (Å²) in [5.74, 6) is -0.640. The first kappa shape index (κ1) is 31.2. The Hall–Kier alpha value is 0.170. The lowest BCUT2D eigenvalue weighted by atomic mass is 10.1. The van der Waals surface area contributed by atoms with Crippen LogP contribution in [0.4, 0.5) is 0 Å². The smallest absolute Gasteiger partial charge is 0.329 e. The highest BCUT2D eigenvalue weighted by molar-refractivity contribution is 8.19. The third kappa shape index (κ3) is 16.4. The van der Waals surface area contributed by atoms with E-state index < -0.39 is 10.0 Å². The third-order valence-electron chi connectivity index (χ3n) is 6.34. The van der Waals surface area contributed by atoms with Gasteiger partial charge in [-0.3, -0.25) is 0 Å². The molecule has 0 radical (unpaired) electrons. The Balaban J connectivity index is 4.41. The summed E-state index contributed by atoms with van der Waals surface area (Å²) in [7, 11) is 0. The average molecular weight is 475 g/mol. The Morgan fingerprint density at radius 1 is 0.645 bits per heavy atom. The van der Waals surface area contributed by atoms with Crippen molar-refractivity contribution in [3.63, 3.8) is 0 Å². The molecule has 0 amide bonds. The maximum Gasteiger partial charge on any atom is 0.329 e. The summed E-state index contributed by atoms with van der Waals surface area (Å²) in [6.07, 6.45) is 23.0. The highest BCUT2D eigenvalue weighted by atomic mass is 32.2. The van der Waals surface area contributed by atoms with Crippen LogP contribution in [0.2, 0.25) is 0 Å². The van der Waals surface area contributed by atoms with Gasteiger partial charge in [0, 0.05) is 10.5 Å². The fraction of sp³-hybridized carbons (Fsp3) is 0.963. The quantitative estimate of drug-likeness (QED) is 0.118. The Morgan fingerprint density at radius 2 is 0.968 bits per heavy atom. The monoisotopic (exact) mass is 474 g/mol. The molecule has 0 heterocycles. The second-order valence-electron chi connectivity index (χ2n) is 9.37. The van der Waals surface area contributed by atoms with Gasteiger partial charge in [0.05, 0.1) is 0 Å². The molecule has 0 aliphatic rings. The lowest BCUT2D eigenvalue weighted by molar-refractivity contribution is -0.136. The van der Waals surface area contributed by atoms with Gasteiger partial charge in [-0.25, -0.2) is 4.79 Å². The SMILES string of the molecule is CCCCCCCCCC(CC)SC(C)(SC(CC)CCCCCCCCC)C(=O)O. The standard InChI is InChI=1S/C27H54O2S2/c1-6-10-12-14-16-18-20-22-24(8-3)30-27(5,26(28)29)31-25(9-4)23-21-19-17-15-13-11-7-2/h24-25H,6-23H2,1-5H3,(H,28,29). The van der Waals surface area contributed by atoms with E-state index >= 15 is 0 Å². The zero-order valence-electron chi connectivity index (χ0n) is 21.6. The molecule has 4 heteroatoms. The van der Waals surface area contributed by atoms with E-state index in [2.05, 4.69) is 27.7 Å². The van der Waals surface area contributed by atoms with E-state index in [9.17, 15) is 9.90 Å². The lowest BCUT2D eigenvalue weighted by Gasteiger charge is -2.31. The number of carboxylic acid groups (broad SMARTS) is 1. The van der Waals surface area contributed by atoms with E-state index in [0.29, 0.717) is 10.5 Å². The Morgan fingerprint density at radius 3 is 1.26 bits per heavy atom. The molecule has 0 fully saturated rings. The van der Waals surface area contributed by atoms with Crippen LogP contribution in [0, 0.1) is 0 Å². The number of aliphatic carboxylic acids is 1. The van der Waals surface area contributed by atoms with Crippen molar-refractivity contribution < 1.29 is 9.90 Å². The molecule has 1 N–H and O–H groups in total. The van der Waals surface area contributed by atoms with Crippen LogP contribution in [0.25, 0.3) is 0 Å². The number of carboxylic acids is 1. The maximum absolute atomic E-state index is 12.2. The van der Waals surface area contributed by atoms with Gasteiger partial charge in [0.1, 0.15) is 0 Å². The molecular formula is C27H54O2S2. The first-order valence-electron chi connectivity index (χ1n) is 13.5. The van der Waals surface area contributed by atoms with Crippen LogP contribution in [-0.2, 0) is 4.79 Å². The van der Waals surface area contributed by atoms with Crippen LogP contribution in [0.15, 0.2) is 0 Å². The van der Waals surface area contributed by atoms with Crippen molar-refractivity contribution in [2.45, 2.75) is 165 Å². The van der Waals surface area contributed by atoms with Crippen LogP contribution < -0.4 is 0 Å². The predicted molar refractivity (Wildman–Crippen MR) is 145 cm³/mol. The summed E-state index contributed by atoms with van der Waals surface area (Å²) < 4.78 is -0.719. The van der Waals surface area contributed by atoms with E-state index in [1.807, 2.05) is 6.92 Å². The molecule has 0 rings (SSSR count). The van der Waals surface area contributed by atoms with Gasteiger partial charge in [-0.1, -0.05) is 118 Å². The summed E-state index contributed by atoms with van der Waals surface area (Å²) in [5, 5.41) is 11.0. The van der Waals surface area contributed by atoms with E-state index in [1.54, 1.807) is 23.5 Å². The average Bonchev–Trinajstić information content (AvgIpc) is 2.76. The highest BCUT2D eigenvalue weighted by Gasteiger charge is 2.38. The normalized spacial score (nSPS) is 15.5. The molecule has 0 aliphatic heterocycles. The summed E-state index contributed by atoms with van der Waals surface area (Å²) in [5.41, 5.74) is 0. The summed E-state index contributed by atoms with van der Waals surface area (Å²) in [6, 6.07) is 0. The molecule has 0 bridgehead atoms. The van der Waals surface area contributed by atoms with Gasteiger partial charge in [-0.2, -0.15) is 0 Å². The number of unbranched alkanes of at least 4 members (excludes halogenated alkanes) is 12. The number of carbonyl (C=O) groups is 1. The highest BCUT2D eigenvalue weighted by Crippen LogP contribution is 2.45. The van der Waals surface area contributed by atoms with Crippen LogP contribution in [0.3, 0.4) is 0 Å². The second kappa shape index (κ2) is 20.8. The molecule has 2 atom stereocenters. The molecule has 0 saturated carbocycles. The van der Waals surface area contributed by atoms with E-state index in [1.165, 1.54) is 89.9 Å². The molecule has 0 aromatic carbocycles. The lowest BCUT2D eigenvalue weighted by Crippen LogP contribution is -2.32. The van der Waals surface area contributed by atoms with Crippen molar-refractivity contribution in [2.24, 2.45) is 0 Å². The molecule has 186 valence electrons. The zero-order valence-corrected chi connectivity index (χ0v) is 23.2. The van der Waals surface area contributed by atoms with Gasteiger partial charge in [0.15, 0.2) is 4.08 Å². The van der Waals surface area contributed by atoms with Gasteiger partial charge >= 0.3 is 5.97 Å². The molecule has 2 unspecified atom stereocenters. The molecule has 0 aromatic rings. The Bertz CT molecular complexity index is 386. The fourth-order valence-electron chi connectivity index (χ4n) is 4.12. The minimum atomic E-state index is -0.719. The summed E-state index contributed by atoms with van der Waals surface area (Å²) in [6.45, 7) is 10.9. The van der Waals surface area contributed by atoms with Crippen molar-refractivity contribution in [3.05, 3.63) is 0 Å². The van der Waals surface area contributed by atoms with Gasteiger partial charge in [0.2, 0.25) is 0 Å². The second-order valence-corrected chi connectivity index (χ2v) is 13.1. The van der Waals surface area contributed by atoms with Crippen molar-refractivity contribution in [2.75, 3.05) is 0 Å². The van der Waals surface area contributed by atoms with Gasteiger partial charge in [0.25, 0.3) is 0 Å². The fourth-order valence-corrected chi connectivity index (χ4v) is 7.53. The van der Waals surface area contributed by atoms with Gasteiger partial charge < -0.3 is 5.11 Å². The van der Waals surface area contributed by atoms with Gasteiger partial charge in [-0.05, 0) is 32.6 Å². The first-order chi connectivity index (χ1) is 14.9. The number of hydrogen-bond donors (Lipinski definition) is 1. The molecule has 2 nitrogen and oxygen atoms in total. The molecule has 31 heavy (non-hydrogen) atoms. The third-order valence-corrected chi connectivity index (χ3v) is 9.97. The Kier molecular flexibility index (Phi) is 20.9. The van der Waals surface area contributed by atoms with Crippen molar-refractivity contribution in [3.8, 4) is 0 Å². The summed E-state index contributed by atoms with van der Waals surface area (Å²) in [4.78, 5) is 12.2. The van der Waals surface area contributed by atoms with Crippen LogP contribution in [-0.4, -0.2) is 25.7 Å². The zero-order chi connectivity index (χ0) is 23.4. The van der Waals surface area contributed by atoms with Crippen LogP contribution >= 0.6 is 23.5 Å². The molecule has 0 saturated heterocycles. The molecule has 0 aromatic heterocycles. The number of thioether (sulfide) groups is 2. The van der Waals surface area contributed by atoms with Crippen LogP contribution in [0.5, 0.6) is 0 Å². The first-order valence-corrected chi connectivity index (χ1v) is 15.3. The van der Waals surface area contributed by atoms with Gasteiger partial charge in [-0.15, -0.1) is 23.5 Å². The maximum atomic E-state index is 12.2. The number of hydrogen-bond acceptors (Lipinski definition) is 3. The largest absolute Gasteiger partial charge is 0.480 e. The summed E-state index contributed by atoms with van der Waals surface area (Å²) >= 11 is 3.46. The topological polar surface area (TPSA) is 37.3 Å². The predicted octanol–water partition coefficient (Wildman–Crippen LogP) is 10.1. The Labute approximate surface area is 203 Å². The van der Waals surface area contributed by atoms with E-state index in [-0.39, 0.29) is 0 Å². The van der Waals surface area contributed by atoms with Crippen molar-refractivity contribution in [1.82, 2.24) is 0 Å². The number of rotatable bonds is 23.